The van der Waals surface area contributed by atoms with Crippen LogP contribution in [0, 0.1) is 5.82 Å². The summed E-state index contributed by atoms with van der Waals surface area (Å²) in [4.78, 5) is 26.4. The molecule has 0 saturated carbocycles. The summed E-state index contributed by atoms with van der Waals surface area (Å²) in [5.74, 6) is 0.466. The van der Waals surface area contributed by atoms with Crippen molar-refractivity contribution in [3.05, 3.63) is 99.1 Å². The summed E-state index contributed by atoms with van der Waals surface area (Å²) in [7, 11) is 0. The van der Waals surface area contributed by atoms with Crippen LogP contribution in [-0.2, 0) is 11.4 Å². The van der Waals surface area contributed by atoms with E-state index in [4.69, 9.17) is 9.47 Å². The molecule has 0 radical (unpaired) electrons. The molecule has 1 saturated heterocycles. The first-order valence-electron chi connectivity index (χ1n) is 10.1. The molecule has 0 aromatic heterocycles. The van der Waals surface area contributed by atoms with Crippen LogP contribution in [0.3, 0.4) is 0 Å². The third kappa shape index (κ3) is 6.24. The van der Waals surface area contributed by atoms with Gasteiger partial charge in [-0.05, 0) is 77.5 Å². The molecule has 0 unspecified atom stereocenters. The van der Waals surface area contributed by atoms with Gasteiger partial charge in [-0.2, -0.15) is 0 Å². The molecule has 168 valence electrons. The van der Waals surface area contributed by atoms with Gasteiger partial charge in [0.05, 0.1) is 11.4 Å². The van der Waals surface area contributed by atoms with Crippen molar-refractivity contribution in [3.63, 3.8) is 0 Å². The number of amides is 2. The first-order valence-corrected chi connectivity index (χ1v) is 11.7. The highest BCUT2D eigenvalue weighted by molar-refractivity contribution is 9.10. The Morgan fingerprint density at radius 1 is 0.879 bits per heavy atom. The Morgan fingerprint density at radius 3 is 2.21 bits per heavy atom. The SMILES string of the molecule is O=C1S/C(=C\c2ccc(OCc3ccc(Br)cc3)cc2)C(=O)N1CCOc1ccc(F)cc1. The van der Waals surface area contributed by atoms with E-state index in [1.54, 1.807) is 6.08 Å². The minimum absolute atomic E-state index is 0.113. The monoisotopic (exact) mass is 527 g/mol. The van der Waals surface area contributed by atoms with Crippen LogP contribution in [-0.4, -0.2) is 29.2 Å². The molecule has 0 atom stereocenters. The highest BCUT2D eigenvalue weighted by Crippen LogP contribution is 2.32. The lowest BCUT2D eigenvalue weighted by Gasteiger charge is -2.13. The van der Waals surface area contributed by atoms with E-state index in [9.17, 15) is 14.0 Å². The average molecular weight is 528 g/mol. The van der Waals surface area contributed by atoms with Crippen molar-refractivity contribution in [1.29, 1.82) is 0 Å². The van der Waals surface area contributed by atoms with Crippen LogP contribution in [0.4, 0.5) is 9.18 Å². The second kappa shape index (κ2) is 10.7. The Bertz CT molecular complexity index is 1160. The number of ether oxygens (including phenoxy) is 2. The number of thioether (sulfide) groups is 1. The average Bonchev–Trinajstić information content (AvgIpc) is 3.08. The van der Waals surface area contributed by atoms with Gasteiger partial charge >= 0.3 is 0 Å². The Morgan fingerprint density at radius 2 is 1.52 bits per heavy atom. The molecule has 3 aromatic carbocycles. The molecule has 0 bridgehead atoms. The fourth-order valence-electron chi connectivity index (χ4n) is 3.04. The molecule has 2 amide bonds. The molecule has 33 heavy (non-hydrogen) atoms. The zero-order valence-corrected chi connectivity index (χ0v) is 19.8. The molecule has 0 spiro atoms. The third-order valence-electron chi connectivity index (χ3n) is 4.77. The van der Waals surface area contributed by atoms with Gasteiger partial charge in [-0.25, -0.2) is 4.39 Å². The smallest absolute Gasteiger partial charge is 0.293 e. The number of hydrogen-bond donors (Lipinski definition) is 0. The fourth-order valence-corrected chi connectivity index (χ4v) is 4.17. The summed E-state index contributed by atoms with van der Waals surface area (Å²) in [5, 5.41) is -0.344. The molecular formula is C25H19BrFNO4S. The number of rotatable bonds is 8. The Kier molecular flexibility index (Phi) is 7.47. The molecule has 1 aliphatic heterocycles. The highest BCUT2D eigenvalue weighted by Gasteiger charge is 2.34. The molecule has 4 rings (SSSR count). The molecule has 5 nitrogen and oxygen atoms in total. The van der Waals surface area contributed by atoms with E-state index in [-0.39, 0.29) is 30.1 Å². The van der Waals surface area contributed by atoms with Gasteiger partial charge in [0, 0.05) is 4.47 Å². The molecule has 0 N–H and O–H groups in total. The fraction of sp³-hybridized carbons (Fsp3) is 0.120. The Hall–Kier alpha value is -3.10. The van der Waals surface area contributed by atoms with Gasteiger partial charge in [-0.1, -0.05) is 40.2 Å². The largest absolute Gasteiger partial charge is 0.492 e. The van der Waals surface area contributed by atoms with Crippen molar-refractivity contribution >= 4 is 44.9 Å². The standard InChI is InChI=1S/C25H19BrFNO4S/c26-19-5-1-18(2-6-19)16-32-22-9-3-17(4-10-22)15-23-24(29)28(25(30)33-23)13-14-31-21-11-7-20(27)8-12-21/h1-12,15H,13-14,16H2/b23-15-. The number of nitrogens with zero attached hydrogens (tertiary/aromatic N) is 1. The molecule has 1 fully saturated rings. The predicted octanol–water partition coefficient (Wildman–Crippen LogP) is 6.28. The topological polar surface area (TPSA) is 55.8 Å². The van der Waals surface area contributed by atoms with Crippen molar-refractivity contribution in [1.82, 2.24) is 4.90 Å². The number of benzene rings is 3. The minimum Gasteiger partial charge on any atom is -0.492 e. The first kappa shape index (κ1) is 23.1. The van der Waals surface area contributed by atoms with Crippen molar-refractivity contribution in [2.24, 2.45) is 0 Å². The minimum atomic E-state index is -0.359. The molecule has 1 aliphatic rings. The zero-order chi connectivity index (χ0) is 23.2. The van der Waals surface area contributed by atoms with Crippen LogP contribution < -0.4 is 9.47 Å². The van der Waals surface area contributed by atoms with Gasteiger partial charge in [-0.15, -0.1) is 0 Å². The van der Waals surface area contributed by atoms with Crippen molar-refractivity contribution in [2.75, 3.05) is 13.2 Å². The van der Waals surface area contributed by atoms with E-state index in [2.05, 4.69) is 15.9 Å². The number of imide groups is 1. The molecular weight excluding hydrogens is 509 g/mol. The molecule has 3 aromatic rings. The van der Waals surface area contributed by atoms with Gasteiger partial charge in [-0.3, -0.25) is 14.5 Å². The van der Waals surface area contributed by atoms with E-state index < -0.39 is 0 Å². The van der Waals surface area contributed by atoms with Crippen LogP contribution in [0.1, 0.15) is 11.1 Å². The number of carbonyl (C=O) groups excluding carboxylic acids is 2. The number of hydrogen-bond acceptors (Lipinski definition) is 5. The van der Waals surface area contributed by atoms with E-state index in [0.717, 1.165) is 32.3 Å². The maximum Gasteiger partial charge on any atom is 0.293 e. The summed E-state index contributed by atoms with van der Waals surface area (Å²) in [6, 6.07) is 20.8. The normalized spacial score (nSPS) is 14.7. The number of halogens is 2. The Balaban J connectivity index is 1.31. The summed E-state index contributed by atoms with van der Waals surface area (Å²) in [6.45, 7) is 0.690. The van der Waals surface area contributed by atoms with E-state index >= 15 is 0 Å². The van der Waals surface area contributed by atoms with Gasteiger partial charge < -0.3 is 9.47 Å². The third-order valence-corrected chi connectivity index (χ3v) is 6.20. The quantitative estimate of drug-likeness (QED) is 0.322. The van der Waals surface area contributed by atoms with Crippen LogP contribution in [0.2, 0.25) is 0 Å². The van der Waals surface area contributed by atoms with E-state index in [0.29, 0.717) is 23.0 Å². The lowest BCUT2D eigenvalue weighted by molar-refractivity contribution is -0.123. The second-order valence-electron chi connectivity index (χ2n) is 7.12. The maximum absolute atomic E-state index is 13.0. The second-order valence-corrected chi connectivity index (χ2v) is 9.03. The molecule has 1 heterocycles. The van der Waals surface area contributed by atoms with Crippen molar-refractivity contribution in [3.8, 4) is 11.5 Å². The van der Waals surface area contributed by atoms with Gasteiger partial charge in [0.2, 0.25) is 0 Å². The lowest BCUT2D eigenvalue weighted by Crippen LogP contribution is -2.32. The summed E-state index contributed by atoms with van der Waals surface area (Å²) >= 11 is 4.30. The highest BCUT2D eigenvalue weighted by atomic mass is 79.9. The Labute approximate surface area is 203 Å². The van der Waals surface area contributed by atoms with E-state index in [1.807, 2.05) is 48.5 Å². The van der Waals surface area contributed by atoms with E-state index in [1.165, 1.54) is 24.3 Å². The van der Waals surface area contributed by atoms with Crippen LogP contribution in [0.5, 0.6) is 11.5 Å². The van der Waals surface area contributed by atoms with Crippen LogP contribution >= 0.6 is 27.7 Å². The molecule has 8 heteroatoms. The predicted molar refractivity (Wildman–Crippen MR) is 129 cm³/mol. The molecule has 0 aliphatic carbocycles. The number of carbonyl (C=O) groups is 2. The van der Waals surface area contributed by atoms with Crippen LogP contribution in [0.15, 0.2) is 82.2 Å². The lowest BCUT2D eigenvalue weighted by atomic mass is 10.2. The van der Waals surface area contributed by atoms with Gasteiger partial charge in [0.1, 0.15) is 30.5 Å². The van der Waals surface area contributed by atoms with Crippen LogP contribution in [0.25, 0.3) is 6.08 Å². The van der Waals surface area contributed by atoms with Gasteiger partial charge in [0.25, 0.3) is 11.1 Å². The summed E-state index contributed by atoms with van der Waals surface area (Å²) in [5.41, 5.74) is 1.85. The van der Waals surface area contributed by atoms with Crippen molar-refractivity contribution < 1.29 is 23.5 Å². The summed E-state index contributed by atoms with van der Waals surface area (Å²) < 4.78 is 25.2. The van der Waals surface area contributed by atoms with Gasteiger partial charge in [0.15, 0.2) is 0 Å². The zero-order valence-electron chi connectivity index (χ0n) is 17.4. The van der Waals surface area contributed by atoms with Crippen molar-refractivity contribution in [2.45, 2.75) is 6.61 Å². The first-order chi connectivity index (χ1) is 16.0. The summed E-state index contributed by atoms with van der Waals surface area (Å²) in [6.07, 6.45) is 1.68. The maximum atomic E-state index is 13.0.